The predicted molar refractivity (Wildman–Crippen MR) is 97.2 cm³/mol. The largest absolute Gasteiger partial charge is 0.508 e. The van der Waals surface area contributed by atoms with Crippen LogP contribution in [0, 0.1) is 5.92 Å². The number of hydrogen-bond donors (Lipinski definition) is 2. The number of amides is 1. The van der Waals surface area contributed by atoms with Crippen LogP contribution in [-0.2, 0) is 11.2 Å². The SMILES string of the molecule is CN1CCC[C@H](CNC(=O)Cc2cccc(O)c2)[C@H]1c1cccs1. The molecule has 1 aliphatic heterocycles. The molecule has 3 rings (SSSR count). The second kappa shape index (κ2) is 7.81. The van der Waals surface area contributed by atoms with Crippen LogP contribution in [0.25, 0.3) is 0 Å². The summed E-state index contributed by atoms with van der Waals surface area (Å²) < 4.78 is 0. The molecule has 0 aliphatic carbocycles. The molecule has 1 aliphatic rings. The third kappa shape index (κ3) is 4.16. The number of phenols is 1. The molecule has 5 heteroatoms. The number of hydrogen-bond acceptors (Lipinski definition) is 4. The zero-order valence-electron chi connectivity index (χ0n) is 13.9. The van der Waals surface area contributed by atoms with E-state index >= 15 is 0 Å². The minimum Gasteiger partial charge on any atom is -0.508 e. The Kier molecular flexibility index (Phi) is 5.53. The average Bonchev–Trinajstić information content (AvgIpc) is 3.07. The Labute approximate surface area is 147 Å². The highest BCUT2D eigenvalue weighted by Gasteiger charge is 2.31. The van der Waals surface area contributed by atoms with Gasteiger partial charge in [-0.2, -0.15) is 0 Å². The average molecular weight is 344 g/mol. The van der Waals surface area contributed by atoms with Crippen molar-refractivity contribution in [3.8, 4) is 5.75 Å². The van der Waals surface area contributed by atoms with Gasteiger partial charge in [0.25, 0.3) is 0 Å². The van der Waals surface area contributed by atoms with Crippen molar-refractivity contribution >= 4 is 17.2 Å². The number of thiophene rings is 1. The lowest BCUT2D eigenvalue weighted by Gasteiger charge is -2.38. The Bertz CT molecular complexity index is 672. The summed E-state index contributed by atoms with van der Waals surface area (Å²) in [4.78, 5) is 16.0. The van der Waals surface area contributed by atoms with E-state index in [1.165, 1.54) is 11.3 Å². The summed E-state index contributed by atoms with van der Waals surface area (Å²) in [6.45, 7) is 1.81. The maximum atomic E-state index is 12.2. The lowest BCUT2D eigenvalue weighted by atomic mass is 9.88. The lowest BCUT2D eigenvalue weighted by molar-refractivity contribution is -0.120. The van der Waals surface area contributed by atoms with Crippen molar-refractivity contribution in [2.24, 2.45) is 5.92 Å². The Morgan fingerprint density at radius 3 is 3.00 bits per heavy atom. The van der Waals surface area contributed by atoms with Crippen molar-refractivity contribution in [1.29, 1.82) is 0 Å². The molecule has 1 saturated heterocycles. The number of carbonyl (C=O) groups is 1. The fourth-order valence-corrected chi connectivity index (χ4v) is 4.52. The van der Waals surface area contributed by atoms with Gasteiger partial charge in [-0.05, 0) is 61.5 Å². The van der Waals surface area contributed by atoms with Crippen molar-refractivity contribution in [3.05, 3.63) is 52.2 Å². The van der Waals surface area contributed by atoms with Crippen molar-refractivity contribution < 1.29 is 9.90 Å². The molecule has 1 aromatic carbocycles. The van der Waals surface area contributed by atoms with Crippen molar-refractivity contribution in [2.45, 2.75) is 25.3 Å². The van der Waals surface area contributed by atoms with Crippen LogP contribution in [0.5, 0.6) is 5.75 Å². The number of carbonyl (C=O) groups excluding carboxylic acids is 1. The van der Waals surface area contributed by atoms with E-state index in [0.29, 0.717) is 24.9 Å². The fraction of sp³-hybridized carbons (Fsp3) is 0.421. The highest BCUT2D eigenvalue weighted by atomic mass is 32.1. The molecule has 4 nitrogen and oxygen atoms in total. The first-order chi connectivity index (χ1) is 11.6. The zero-order valence-corrected chi connectivity index (χ0v) is 14.8. The van der Waals surface area contributed by atoms with Crippen molar-refractivity contribution in [2.75, 3.05) is 20.1 Å². The summed E-state index contributed by atoms with van der Waals surface area (Å²) in [7, 11) is 2.17. The molecule has 2 atom stereocenters. The van der Waals surface area contributed by atoms with Crippen LogP contribution in [0.15, 0.2) is 41.8 Å². The number of nitrogens with zero attached hydrogens (tertiary/aromatic N) is 1. The molecule has 24 heavy (non-hydrogen) atoms. The molecule has 2 N–H and O–H groups in total. The van der Waals surface area contributed by atoms with E-state index in [4.69, 9.17) is 0 Å². The molecule has 0 bridgehead atoms. The molecular weight excluding hydrogens is 320 g/mol. The summed E-state index contributed by atoms with van der Waals surface area (Å²) in [5.74, 6) is 0.654. The monoisotopic (exact) mass is 344 g/mol. The normalized spacial score (nSPS) is 21.5. The molecule has 0 unspecified atom stereocenters. The van der Waals surface area contributed by atoms with Gasteiger partial charge >= 0.3 is 0 Å². The van der Waals surface area contributed by atoms with Crippen LogP contribution in [-0.4, -0.2) is 36.1 Å². The van der Waals surface area contributed by atoms with Gasteiger partial charge in [-0.25, -0.2) is 0 Å². The van der Waals surface area contributed by atoms with E-state index in [0.717, 1.165) is 18.5 Å². The minimum atomic E-state index is 0.0127. The van der Waals surface area contributed by atoms with Gasteiger partial charge in [0.1, 0.15) is 5.75 Å². The minimum absolute atomic E-state index is 0.0127. The van der Waals surface area contributed by atoms with E-state index < -0.39 is 0 Å². The second-order valence-electron chi connectivity index (χ2n) is 6.49. The third-order valence-corrected chi connectivity index (χ3v) is 5.62. The van der Waals surface area contributed by atoms with Gasteiger partial charge in [0.05, 0.1) is 6.42 Å². The maximum absolute atomic E-state index is 12.2. The number of piperidine rings is 1. The summed E-state index contributed by atoms with van der Waals surface area (Å²) in [5.41, 5.74) is 0.836. The fourth-order valence-electron chi connectivity index (χ4n) is 3.54. The number of likely N-dealkylation sites (tertiary alicyclic amines) is 1. The first-order valence-electron chi connectivity index (χ1n) is 8.42. The molecule has 1 amide bonds. The number of aromatic hydroxyl groups is 1. The Morgan fingerprint density at radius 1 is 1.38 bits per heavy atom. The standard InChI is InChI=1S/C19H24N2O2S/c1-21-9-3-6-15(19(21)17-8-4-10-24-17)13-20-18(23)12-14-5-2-7-16(22)11-14/h2,4-5,7-8,10-11,15,19,22H,3,6,9,12-13H2,1H3,(H,20,23)/t15-,19+/m1/s1. The molecule has 2 aromatic rings. The van der Waals surface area contributed by atoms with Gasteiger partial charge in [-0.3, -0.25) is 9.69 Å². The smallest absolute Gasteiger partial charge is 0.224 e. The lowest BCUT2D eigenvalue weighted by Crippen LogP contribution is -2.41. The maximum Gasteiger partial charge on any atom is 0.224 e. The van der Waals surface area contributed by atoms with E-state index in [1.807, 2.05) is 6.07 Å². The van der Waals surface area contributed by atoms with Gasteiger partial charge < -0.3 is 10.4 Å². The van der Waals surface area contributed by atoms with Crippen LogP contribution >= 0.6 is 11.3 Å². The first-order valence-corrected chi connectivity index (χ1v) is 9.29. The van der Waals surface area contributed by atoms with Gasteiger partial charge in [-0.1, -0.05) is 18.2 Å². The summed E-state index contributed by atoms with van der Waals surface area (Å²) in [6, 6.07) is 11.6. The first kappa shape index (κ1) is 17.0. The van der Waals surface area contributed by atoms with Crippen LogP contribution in [0.3, 0.4) is 0 Å². The summed E-state index contributed by atoms with van der Waals surface area (Å²) >= 11 is 1.79. The van der Waals surface area contributed by atoms with Gasteiger partial charge in [0.15, 0.2) is 0 Å². The Morgan fingerprint density at radius 2 is 2.25 bits per heavy atom. The van der Waals surface area contributed by atoms with Crippen molar-refractivity contribution in [3.63, 3.8) is 0 Å². The van der Waals surface area contributed by atoms with Crippen LogP contribution in [0.2, 0.25) is 0 Å². The van der Waals surface area contributed by atoms with Crippen LogP contribution < -0.4 is 5.32 Å². The molecular formula is C19H24N2O2S. The Hall–Kier alpha value is -1.85. The summed E-state index contributed by atoms with van der Waals surface area (Å²) in [5, 5.41) is 14.7. The second-order valence-corrected chi connectivity index (χ2v) is 7.47. The third-order valence-electron chi connectivity index (χ3n) is 4.68. The Balaban J connectivity index is 1.59. The number of nitrogens with one attached hydrogen (secondary N) is 1. The van der Waals surface area contributed by atoms with E-state index in [-0.39, 0.29) is 11.7 Å². The predicted octanol–water partition coefficient (Wildman–Crippen LogP) is 3.20. The van der Waals surface area contributed by atoms with E-state index in [1.54, 1.807) is 29.5 Å². The van der Waals surface area contributed by atoms with E-state index in [9.17, 15) is 9.90 Å². The van der Waals surface area contributed by atoms with Gasteiger partial charge in [-0.15, -0.1) is 11.3 Å². The van der Waals surface area contributed by atoms with Crippen LogP contribution in [0.4, 0.5) is 0 Å². The number of phenolic OH excluding ortho intramolecular Hbond substituents is 1. The highest BCUT2D eigenvalue weighted by molar-refractivity contribution is 7.10. The molecule has 2 heterocycles. The quantitative estimate of drug-likeness (QED) is 0.876. The van der Waals surface area contributed by atoms with Crippen LogP contribution in [0.1, 0.15) is 29.3 Å². The molecule has 0 saturated carbocycles. The molecule has 0 spiro atoms. The molecule has 1 aromatic heterocycles. The number of rotatable bonds is 5. The van der Waals surface area contributed by atoms with Gasteiger partial charge in [0, 0.05) is 17.5 Å². The molecule has 0 radical (unpaired) electrons. The van der Waals surface area contributed by atoms with Crippen molar-refractivity contribution in [1.82, 2.24) is 10.2 Å². The zero-order chi connectivity index (χ0) is 16.9. The topological polar surface area (TPSA) is 52.6 Å². The highest BCUT2D eigenvalue weighted by Crippen LogP contribution is 2.36. The van der Waals surface area contributed by atoms with E-state index in [2.05, 4.69) is 34.8 Å². The molecule has 1 fully saturated rings. The van der Waals surface area contributed by atoms with Gasteiger partial charge in [0.2, 0.25) is 5.91 Å². The number of benzene rings is 1. The molecule has 128 valence electrons. The summed E-state index contributed by atoms with van der Waals surface area (Å²) in [6.07, 6.45) is 2.62.